The summed E-state index contributed by atoms with van der Waals surface area (Å²) in [5, 5.41) is 2.95. The van der Waals surface area contributed by atoms with Gasteiger partial charge >= 0.3 is 6.03 Å². The third kappa shape index (κ3) is 3.95. The number of carbonyl (C=O) groups is 1. The summed E-state index contributed by atoms with van der Waals surface area (Å²) in [6.07, 6.45) is 3.66. The van der Waals surface area contributed by atoms with E-state index in [1.807, 2.05) is 0 Å². The third-order valence-electron chi connectivity index (χ3n) is 5.26. The number of urea groups is 1. The van der Waals surface area contributed by atoms with E-state index in [4.69, 9.17) is 4.42 Å². The van der Waals surface area contributed by atoms with Gasteiger partial charge in [0.2, 0.25) is 5.89 Å². The maximum Gasteiger partial charge on any atom is 0.318 e. The fourth-order valence-corrected chi connectivity index (χ4v) is 3.68. The Balaban J connectivity index is 1.58. The van der Waals surface area contributed by atoms with Crippen molar-refractivity contribution in [3.8, 4) is 11.1 Å². The molecule has 2 aromatic carbocycles. The first-order valence-electron chi connectivity index (χ1n) is 9.97. The van der Waals surface area contributed by atoms with Gasteiger partial charge in [-0.1, -0.05) is 25.5 Å². The van der Waals surface area contributed by atoms with Crippen LogP contribution < -0.4 is 5.32 Å². The van der Waals surface area contributed by atoms with Crippen LogP contribution in [0.3, 0.4) is 0 Å². The molecule has 0 radical (unpaired) electrons. The van der Waals surface area contributed by atoms with Crippen LogP contribution >= 0.6 is 0 Å². The number of halogens is 2. The number of hydrogen-bond donors (Lipinski definition) is 1. The normalized spacial score (nSPS) is 16.5. The highest BCUT2D eigenvalue weighted by Gasteiger charge is 2.33. The molecule has 2 heterocycles. The summed E-state index contributed by atoms with van der Waals surface area (Å²) in [5.41, 5.74) is 2.51. The highest BCUT2D eigenvalue weighted by molar-refractivity contribution is 5.80. The van der Waals surface area contributed by atoms with Gasteiger partial charge in [0.1, 0.15) is 11.6 Å². The molecule has 29 heavy (non-hydrogen) atoms. The number of fused-ring (bicyclic) bond motifs is 1. The Bertz CT molecular complexity index is 1030. The topological polar surface area (TPSA) is 58.4 Å². The van der Waals surface area contributed by atoms with Crippen LogP contribution in [-0.4, -0.2) is 29.0 Å². The maximum atomic E-state index is 13.6. The summed E-state index contributed by atoms with van der Waals surface area (Å²) in [6, 6.07) is 8.85. The van der Waals surface area contributed by atoms with E-state index < -0.39 is 11.6 Å². The molecule has 1 fully saturated rings. The number of amides is 2. The number of carbonyl (C=O) groups excluding carboxylic acids is 1. The Morgan fingerprint density at radius 3 is 2.79 bits per heavy atom. The molecule has 1 atom stereocenters. The molecule has 1 N–H and O–H groups in total. The number of oxazole rings is 1. The number of rotatable bonds is 5. The van der Waals surface area contributed by atoms with Crippen LogP contribution in [0.15, 0.2) is 40.8 Å². The van der Waals surface area contributed by atoms with Gasteiger partial charge in [-0.15, -0.1) is 0 Å². The van der Waals surface area contributed by atoms with Gasteiger partial charge < -0.3 is 14.6 Å². The summed E-state index contributed by atoms with van der Waals surface area (Å²) < 4.78 is 32.7. The van der Waals surface area contributed by atoms with Crippen molar-refractivity contribution in [2.75, 3.05) is 13.1 Å². The monoisotopic (exact) mass is 399 g/mol. The van der Waals surface area contributed by atoms with Crippen molar-refractivity contribution in [3.05, 3.63) is 53.9 Å². The van der Waals surface area contributed by atoms with E-state index in [1.165, 1.54) is 6.07 Å². The molecular weight excluding hydrogens is 376 g/mol. The molecule has 5 nitrogen and oxygen atoms in total. The lowest BCUT2D eigenvalue weighted by Gasteiger charge is -2.22. The first-order chi connectivity index (χ1) is 14.1. The van der Waals surface area contributed by atoms with Crippen molar-refractivity contribution < 1.29 is 18.0 Å². The van der Waals surface area contributed by atoms with Crippen LogP contribution in [0.2, 0.25) is 0 Å². The minimum atomic E-state index is -0.890. The van der Waals surface area contributed by atoms with Crippen LogP contribution in [-0.2, 0) is 0 Å². The quantitative estimate of drug-likeness (QED) is 0.583. The Hall–Kier alpha value is -2.96. The van der Waals surface area contributed by atoms with Gasteiger partial charge in [-0.2, -0.15) is 0 Å². The number of hydrogen-bond acceptors (Lipinski definition) is 3. The molecule has 1 aliphatic heterocycles. The van der Waals surface area contributed by atoms with E-state index in [-0.39, 0.29) is 12.1 Å². The Morgan fingerprint density at radius 1 is 1.21 bits per heavy atom. The lowest BCUT2D eigenvalue weighted by atomic mass is 10.1. The number of aromatic nitrogens is 1. The van der Waals surface area contributed by atoms with E-state index in [0.29, 0.717) is 35.6 Å². The molecule has 1 saturated heterocycles. The summed E-state index contributed by atoms with van der Waals surface area (Å²) in [7, 11) is 0. The number of benzene rings is 2. The smallest absolute Gasteiger partial charge is 0.318 e. The number of nitrogens with one attached hydrogen (secondary N) is 1. The molecule has 2 amide bonds. The standard InChI is InChI=1S/C22H23F2N3O2/c1-2-3-10-25-22(28)27-11-4-5-19(27)21-26-18-13-15(7-9-20(18)29-21)14-6-8-16(23)17(24)12-14/h6-9,12-13,19H,2-5,10-11H2,1H3,(H,25,28)/t19-/m1/s1. The highest BCUT2D eigenvalue weighted by Crippen LogP contribution is 2.34. The van der Waals surface area contributed by atoms with E-state index in [1.54, 1.807) is 23.1 Å². The highest BCUT2D eigenvalue weighted by atomic mass is 19.2. The molecular formula is C22H23F2N3O2. The molecule has 0 spiro atoms. The van der Waals surface area contributed by atoms with E-state index in [2.05, 4.69) is 17.2 Å². The van der Waals surface area contributed by atoms with E-state index in [0.717, 1.165) is 43.4 Å². The second-order valence-electron chi connectivity index (χ2n) is 7.30. The Labute approximate surface area is 167 Å². The summed E-state index contributed by atoms with van der Waals surface area (Å²) in [4.78, 5) is 18.9. The summed E-state index contributed by atoms with van der Waals surface area (Å²) in [5.74, 6) is -1.26. The molecule has 7 heteroatoms. The first kappa shape index (κ1) is 19.4. The lowest BCUT2D eigenvalue weighted by molar-refractivity contribution is 0.185. The predicted octanol–water partition coefficient (Wildman–Crippen LogP) is 5.42. The molecule has 0 aliphatic carbocycles. The van der Waals surface area contributed by atoms with E-state index >= 15 is 0 Å². The summed E-state index contributed by atoms with van der Waals surface area (Å²) in [6.45, 7) is 3.41. The second kappa shape index (κ2) is 8.19. The summed E-state index contributed by atoms with van der Waals surface area (Å²) >= 11 is 0. The fraction of sp³-hybridized carbons (Fsp3) is 0.364. The molecule has 1 aromatic heterocycles. The molecule has 0 bridgehead atoms. The van der Waals surface area contributed by atoms with Gasteiger partial charge in [0.05, 0.1) is 0 Å². The zero-order valence-electron chi connectivity index (χ0n) is 16.3. The number of likely N-dealkylation sites (tertiary alicyclic amines) is 1. The lowest BCUT2D eigenvalue weighted by Crippen LogP contribution is -2.39. The van der Waals surface area contributed by atoms with Crippen LogP contribution in [0.4, 0.5) is 13.6 Å². The van der Waals surface area contributed by atoms with Crippen molar-refractivity contribution in [1.82, 2.24) is 15.2 Å². The van der Waals surface area contributed by atoms with Gasteiger partial charge in [-0.05, 0) is 54.7 Å². The third-order valence-corrected chi connectivity index (χ3v) is 5.26. The van der Waals surface area contributed by atoms with Crippen LogP contribution in [0.25, 0.3) is 22.2 Å². The zero-order chi connectivity index (χ0) is 20.4. The molecule has 0 unspecified atom stereocenters. The average molecular weight is 399 g/mol. The van der Waals surface area contributed by atoms with Crippen molar-refractivity contribution in [2.24, 2.45) is 0 Å². The van der Waals surface area contributed by atoms with Crippen LogP contribution in [0.5, 0.6) is 0 Å². The average Bonchev–Trinajstić information content (AvgIpc) is 3.36. The van der Waals surface area contributed by atoms with Gasteiger partial charge in [0.25, 0.3) is 0 Å². The second-order valence-corrected chi connectivity index (χ2v) is 7.30. The van der Waals surface area contributed by atoms with Gasteiger partial charge in [0, 0.05) is 13.1 Å². The van der Waals surface area contributed by atoms with Crippen molar-refractivity contribution >= 4 is 17.1 Å². The number of nitrogens with zero attached hydrogens (tertiary/aromatic N) is 2. The minimum absolute atomic E-state index is 0.0920. The molecule has 3 aromatic rings. The zero-order valence-corrected chi connectivity index (χ0v) is 16.3. The number of unbranched alkanes of at least 4 members (excludes halogenated alkanes) is 1. The fourth-order valence-electron chi connectivity index (χ4n) is 3.68. The molecule has 4 rings (SSSR count). The Kier molecular flexibility index (Phi) is 5.47. The first-order valence-corrected chi connectivity index (χ1v) is 9.97. The largest absolute Gasteiger partial charge is 0.438 e. The van der Waals surface area contributed by atoms with Crippen molar-refractivity contribution in [1.29, 1.82) is 0 Å². The SMILES string of the molecule is CCCCNC(=O)N1CCC[C@@H]1c1nc2cc(-c3ccc(F)c(F)c3)ccc2o1. The maximum absolute atomic E-state index is 13.6. The predicted molar refractivity (Wildman–Crippen MR) is 106 cm³/mol. The minimum Gasteiger partial charge on any atom is -0.438 e. The van der Waals surface area contributed by atoms with Crippen molar-refractivity contribution in [3.63, 3.8) is 0 Å². The van der Waals surface area contributed by atoms with Crippen LogP contribution in [0.1, 0.15) is 44.5 Å². The van der Waals surface area contributed by atoms with Gasteiger partial charge in [-0.25, -0.2) is 18.6 Å². The Morgan fingerprint density at radius 2 is 2.00 bits per heavy atom. The van der Waals surface area contributed by atoms with Crippen molar-refractivity contribution in [2.45, 2.75) is 38.6 Å². The van der Waals surface area contributed by atoms with Crippen LogP contribution in [0, 0.1) is 11.6 Å². The molecule has 0 saturated carbocycles. The van der Waals surface area contributed by atoms with E-state index in [9.17, 15) is 13.6 Å². The molecule has 152 valence electrons. The van der Waals surface area contributed by atoms with Gasteiger partial charge in [0.15, 0.2) is 17.2 Å². The molecule has 1 aliphatic rings. The van der Waals surface area contributed by atoms with Gasteiger partial charge in [-0.3, -0.25) is 0 Å².